The number of nitrogens with zero attached hydrogens (tertiary/aromatic N) is 3. The fraction of sp³-hybridized carbons (Fsp3) is 0.182. The molecule has 0 bridgehead atoms. The Hall–Kier alpha value is -3.98. The number of H-pyrrole nitrogens is 2. The molecule has 1 aliphatic rings. The van der Waals surface area contributed by atoms with E-state index in [4.69, 9.17) is 9.90 Å². The summed E-state index contributed by atoms with van der Waals surface area (Å²) < 4.78 is 0. The number of hydrogen-bond donors (Lipinski definition) is 4. The fourth-order valence-electron chi connectivity index (χ4n) is 3.65. The molecular weight excluding hydrogens is 396 g/mol. The summed E-state index contributed by atoms with van der Waals surface area (Å²) in [6, 6.07) is 13.7. The number of hydrogen-bond acceptors (Lipinski definition) is 5. The van der Waals surface area contributed by atoms with Crippen LogP contribution in [0.2, 0.25) is 0 Å². The van der Waals surface area contributed by atoms with Gasteiger partial charge in [0.05, 0.1) is 11.4 Å². The van der Waals surface area contributed by atoms with Crippen molar-refractivity contribution in [2.45, 2.75) is 13.0 Å². The maximum atomic E-state index is 12.7. The van der Waals surface area contributed by atoms with Gasteiger partial charge in [0.2, 0.25) is 0 Å². The number of aromatic nitrogens is 4. The van der Waals surface area contributed by atoms with E-state index in [2.05, 4.69) is 49.6 Å². The number of likely N-dealkylation sites (N-methyl/N-ethyl adjacent to an activating group) is 1. The lowest BCUT2D eigenvalue weighted by Crippen LogP contribution is -2.26. The Kier molecular flexibility index (Phi) is 5.76. The molecule has 3 aromatic heterocycles. The van der Waals surface area contributed by atoms with Crippen molar-refractivity contribution < 1.29 is 14.7 Å². The fourth-order valence-corrected chi connectivity index (χ4v) is 3.65. The summed E-state index contributed by atoms with van der Waals surface area (Å²) in [5.41, 5.74) is 6.21. The summed E-state index contributed by atoms with van der Waals surface area (Å²) in [6.45, 7) is 1.73. The van der Waals surface area contributed by atoms with Gasteiger partial charge in [0.25, 0.3) is 12.4 Å². The summed E-state index contributed by atoms with van der Waals surface area (Å²) in [6.07, 6.45) is 2.73. The van der Waals surface area contributed by atoms with Crippen molar-refractivity contribution in [3.8, 4) is 11.4 Å². The number of fused-ring (bicyclic) bond motifs is 2. The van der Waals surface area contributed by atoms with Crippen LogP contribution in [0.1, 0.15) is 21.6 Å². The number of carboxylic acid groups (broad SMARTS) is 1. The van der Waals surface area contributed by atoms with Gasteiger partial charge < -0.3 is 20.3 Å². The lowest BCUT2D eigenvalue weighted by molar-refractivity contribution is -0.122. The Labute approximate surface area is 178 Å². The Bertz CT molecular complexity index is 1220. The van der Waals surface area contributed by atoms with Crippen LogP contribution >= 0.6 is 0 Å². The number of aromatic amines is 2. The van der Waals surface area contributed by atoms with Gasteiger partial charge in [0.1, 0.15) is 11.3 Å². The molecule has 4 heterocycles. The third-order valence-electron chi connectivity index (χ3n) is 5.17. The van der Waals surface area contributed by atoms with Gasteiger partial charge in [0, 0.05) is 30.4 Å². The summed E-state index contributed by atoms with van der Waals surface area (Å²) in [4.78, 5) is 31.1. The first kappa shape index (κ1) is 20.3. The molecule has 4 N–H and O–H groups in total. The van der Waals surface area contributed by atoms with Gasteiger partial charge in [0.15, 0.2) is 0 Å². The number of pyridine rings is 1. The molecule has 0 aliphatic carbocycles. The molecule has 1 aliphatic heterocycles. The summed E-state index contributed by atoms with van der Waals surface area (Å²) in [7, 11) is 2.11. The van der Waals surface area contributed by atoms with Crippen molar-refractivity contribution in [2.75, 3.05) is 18.9 Å². The van der Waals surface area contributed by atoms with E-state index in [1.54, 1.807) is 6.20 Å². The molecule has 31 heavy (non-hydrogen) atoms. The molecule has 1 aromatic carbocycles. The molecule has 0 radical (unpaired) electrons. The first-order valence-corrected chi connectivity index (χ1v) is 9.76. The van der Waals surface area contributed by atoms with Crippen molar-refractivity contribution in [3.63, 3.8) is 0 Å². The maximum absolute atomic E-state index is 12.7. The van der Waals surface area contributed by atoms with E-state index in [1.165, 1.54) is 11.1 Å². The van der Waals surface area contributed by atoms with E-state index in [9.17, 15) is 4.79 Å². The molecule has 0 unspecified atom stereocenters. The van der Waals surface area contributed by atoms with E-state index < -0.39 is 0 Å². The molecule has 0 saturated carbocycles. The zero-order valence-corrected chi connectivity index (χ0v) is 16.9. The van der Waals surface area contributed by atoms with Crippen LogP contribution in [-0.2, 0) is 17.8 Å². The smallest absolute Gasteiger partial charge is 0.290 e. The number of anilines is 1. The second kappa shape index (κ2) is 8.80. The van der Waals surface area contributed by atoms with Gasteiger partial charge in [-0.2, -0.15) is 5.10 Å². The van der Waals surface area contributed by atoms with Crippen LogP contribution < -0.4 is 5.32 Å². The van der Waals surface area contributed by atoms with Crippen LogP contribution in [-0.4, -0.2) is 56.1 Å². The van der Waals surface area contributed by atoms with Crippen LogP contribution in [0.25, 0.3) is 22.4 Å². The average Bonchev–Trinajstić information content (AvgIpc) is 3.43. The van der Waals surface area contributed by atoms with E-state index in [1.807, 2.05) is 30.3 Å². The molecule has 0 fully saturated rings. The van der Waals surface area contributed by atoms with Crippen LogP contribution in [0.5, 0.6) is 0 Å². The number of benzene rings is 1. The minimum Gasteiger partial charge on any atom is -0.483 e. The second-order valence-corrected chi connectivity index (χ2v) is 7.32. The maximum Gasteiger partial charge on any atom is 0.290 e. The SMILES string of the molecule is CN1CCc2ccc(NC(=O)c3cc4ccc(-c5ccn[nH]5)nc4[nH]3)cc2C1.O=CO. The van der Waals surface area contributed by atoms with Crippen molar-refractivity contribution in [1.29, 1.82) is 0 Å². The minimum atomic E-state index is -0.250. The predicted octanol–water partition coefficient (Wildman–Crippen LogP) is 2.89. The molecule has 0 spiro atoms. The monoisotopic (exact) mass is 418 g/mol. The highest BCUT2D eigenvalue weighted by molar-refractivity contribution is 6.05. The van der Waals surface area contributed by atoms with E-state index in [-0.39, 0.29) is 12.4 Å². The van der Waals surface area contributed by atoms with Gasteiger partial charge >= 0.3 is 0 Å². The predicted molar refractivity (Wildman–Crippen MR) is 117 cm³/mol. The molecule has 9 heteroatoms. The molecule has 0 saturated heterocycles. The number of carbonyl (C=O) groups is 2. The lowest BCUT2D eigenvalue weighted by atomic mass is 9.99. The van der Waals surface area contributed by atoms with Gasteiger partial charge in [-0.1, -0.05) is 6.07 Å². The molecule has 5 rings (SSSR count). The van der Waals surface area contributed by atoms with E-state index >= 15 is 0 Å². The summed E-state index contributed by atoms with van der Waals surface area (Å²) in [5, 5.41) is 17.6. The lowest BCUT2D eigenvalue weighted by Gasteiger charge is -2.25. The first-order valence-electron chi connectivity index (χ1n) is 9.76. The van der Waals surface area contributed by atoms with Crippen molar-refractivity contribution >= 4 is 29.1 Å². The Morgan fingerprint density at radius 3 is 2.81 bits per heavy atom. The van der Waals surface area contributed by atoms with E-state index in [0.29, 0.717) is 11.3 Å². The molecule has 1 amide bonds. The zero-order chi connectivity index (χ0) is 21.8. The topological polar surface area (TPSA) is 127 Å². The van der Waals surface area contributed by atoms with Gasteiger partial charge in [-0.25, -0.2) is 4.98 Å². The molecule has 9 nitrogen and oxygen atoms in total. The van der Waals surface area contributed by atoms with Crippen molar-refractivity contribution in [1.82, 2.24) is 25.1 Å². The second-order valence-electron chi connectivity index (χ2n) is 7.32. The first-order chi connectivity index (χ1) is 15.1. The van der Waals surface area contributed by atoms with Gasteiger partial charge in [-0.3, -0.25) is 14.7 Å². The van der Waals surface area contributed by atoms with Crippen molar-refractivity contribution in [3.05, 3.63) is 65.5 Å². The quantitative estimate of drug-likeness (QED) is 0.379. The summed E-state index contributed by atoms with van der Waals surface area (Å²) in [5.74, 6) is -0.176. The van der Waals surface area contributed by atoms with Crippen LogP contribution in [0, 0.1) is 0 Å². The van der Waals surface area contributed by atoms with Gasteiger partial charge in [-0.15, -0.1) is 0 Å². The molecule has 0 atom stereocenters. The Morgan fingerprint density at radius 2 is 2.03 bits per heavy atom. The highest BCUT2D eigenvalue weighted by Crippen LogP contribution is 2.23. The highest BCUT2D eigenvalue weighted by Gasteiger charge is 2.15. The third kappa shape index (κ3) is 4.46. The Balaban J connectivity index is 0.000000730. The number of carbonyl (C=O) groups excluding carboxylic acids is 1. The standard InChI is InChI=1S/C21H20N6O.CH2O2/c1-27-9-7-13-2-4-16(10-15(13)12-27)23-21(28)19-11-14-3-5-17(24-20(14)25-19)18-6-8-22-26-18;2-1-3/h2-6,8,10-11H,7,9,12H2,1H3,(H,22,26)(H,23,28)(H,24,25);1H,(H,2,3). The largest absolute Gasteiger partial charge is 0.483 e. The number of nitrogens with one attached hydrogen (secondary N) is 3. The normalized spacial score (nSPS) is 13.2. The zero-order valence-electron chi connectivity index (χ0n) is 16.9. The van der Waals surface area contributed by atoms with Crippen molar-refractivity contribution in [2.24, 2.45) is 0 Å². The van der Waals surface area contributed by atoms with Crippen LogP contribution in [0.4, 0.5) is 5.69 Å². The third-order valence-corrected chi connectivity index (χ3v) is 5.17. The molecular formula is C22H22N6O3. The van der Waals surface area contributed by atoms with Gasteiger partial charge in [-0.05, 0) is 61.0 Å². The van der Waals surface area contributed by atoms with Crippen LogP contribution in [0.15, 0.2) is 48.7 Å². The molecule has 158 valence electrons. The number of amides is 1. The minimum absolute atomic E-state index is 0.176. The van der Waals surface area contributed by atoms with E-state index in [0.717, 1.165) is 42.0 Å². The van der Waals surface area contributed by atoms with Crippen LogP contribution in [0.3, 0.4) is 0 Å². The Morgan fingerprint density at radius 1 is 1.19 bits per heavy atom. The number of rotatable bonds is 3. The highest BCUT2D eigenvalue weighted by atomic mass is 16.3. The molecule has 4 aromatic rings. The summed E-state index contributed by atoms with van der Waals surface area (Å²) >= 11 is 0. The average molecular weight is 418 g/mol.